The summed E-state index contributed by atoms with van der Waals surface area (Å²) in [7, 11) is 0. The molecule has 6 heteroatoms. The number of hydrogen-bond acceptors (Lipinski definition) is 4. The average molecular weight is 241 g/mol. The van der Waals surface area contributed by atoms with E-state index in [9.17, 15) is 4.79 Å². The number of azide groups is 1. The first-order valence-corrected chi connectivity index (χ1v) is 5.80. The van der Waals surface area contributed by atoms with Gasteiger partial charge < -0.3 is 9.47 Å². The van der Waals surface area contributed by atoms with Crippen molar-refractivity contribution in [3.05, 3.63) is 10.4 Å². The molecule has 1 rings (SSSR count). The van der Waals surface area contributed by atoms with Crippen LogP contribution in [0.1, 0.15) is 27.7 Å². The van der Waals surface area contributed by atoms with E-state index in [1.807, 2.05) is 20.8 Å². The van der Waals surface area contributed by atoms with Crippen molar-refractivity contribution >= 4 is 5.97 Å². The molecule has 5 atom stereocenters. The van der Waals surface area contributed by atoms with Crippen molar-refractivity contribution in [1.29, 1.82) is 0 Å². The summed E-state index contributed by atoms with van der Waals surface area (Å²) in [5, 5.41) is 3.83. The van der Waals surface area contributed by atoms with Crippen LogP contribution in [0.2, 0.25) is 0 Å². The fourth-order valence-electron chi connectivity index (χ4n) is 2.16. The Kier molecular flexibility index (Phi) is 4.78. The van der Waals surface area contributed by atoms with Gasteiger partial charge in [-0.2, -0.15) is 0 Å². The van der Waals surface area contributed by atoms with Gasteiger partial charge in [-0.3, -0.25) is 4.79 Å². The number of carbonyl (C=O) groups is 1. The molecule has 2 unspecified atom stereocenters. The Labute approximate surface area is 101 Å². The van der Waals surface area contributed by atoms with Crippen LogP contribution in [-0.2, 0) is 14.3 Å². The maximum Gasteiger partial charge on any atom is 0.302 e. The smallest absolute Gasteiger partial charge is 0.302 e. The zero-order chi connectivity index (χ0) is 13.0. The Balaban J connectivity index is 2.73. The van der Waals surface area contributed by atoms with Crippen LogP contribution in [0.5, 0.6) is 0 Å². The van der Waals surface area contributed by atoms with E-state index in [2.05, 4.69) is 10.0 Å². The third-order valence-corrected chi connectivity index (χ3v) is 3.43. The highest BCUT2D eigenvalue weighted by Gasteiger charge is 2.39. The molecule has 17 heavy (non-hydrogen) atoms. The number of carbonyl (C=O) groups excluding carboxylic acids is 1. The van der Waals surface area contributed by atoms with Gasteiger partial charge in [0.1, 0.15) is 6.61 Å². The summed E-state index contributed by atoms with van der Waals surface area (Å²) in [5.74, 6) is -0.127. The zero-order valence-electron chi connectivity index (χ0n) is 10.7. The average Bonchev–Trinajstić information content (AvgIpc) is 2.27. The first kappa shape index (κ1) is 13.8. The highest BCUT2D eigenvalue weighted by atomic mass is 16.6. The highest BCUT2D eigenvalue weighted by Crippen LogP contribution is 2.32. The Morgan fingerprint density at radius 1 is 1.41 bits per heavy atom. The molecule has 0 amide bonds. The molecule has 0 aliphatic carbocycles. The molecule has 0 N–H and O–H groups in total. The van der Waals surface area contributed by atoms with Crippen LogP contribution in [-0.4, -0.2) is 30.8 Å². The fourth-order valence-corrected chi connectivity index (χ4v) is 2.16. The van der Waals surface area contributed by atoms with Crippen LogP contribution >= 0.6 is 0 Å². The normalized spacial score (nSPS) is 37.1. The maximum atomic E-state index is 10.8. The van der Waals surface area contributed by atoms with E-state index in [1.54, 1.807) is 0 Å². The molecule has 0 radical (unpaired) electrons. The number of nitrogens with zero attached hydrogens (tertiary/aromatic N) is 3. The van der Waals surface area contributed by atoms with Crippen LogP contribution < -0.4 is 0 Å². The summed E-state index contributed by atoms with van der Waals surface area (Å²) >= 11 is 0. The number of hydrogen-bond donors (Lipinski definition) is 0. The van der Waals surface area contributed by atoms with Crippen molar-refractivity contribution < 1.29 is 14.3 Å². The number of esters is 1. The van der Waals surface area contributed by atoms with Crippen LogP contribution in [0.25, 0.3) is 10.4 Å². The van der Waals surface area contributed by atoms with Gasteiger partial charge >= 0.3 is 5.97 Å². The monoisotopic (exact) mass is 241 g/mol. The molecule has 0 aromatic carbocycles. The topological polar surface area (TPSA) is 84.3 Å². The molecule has 0 aromatic rings. The fraction of sp³-hybridized carbons (Fsp3) is 0.909. The third kappa shape index (κ3) is 3.35. The van der Waals surface area contributed by atoms with Gasteiger partial charge in [0.2, 0.25) is 0 Å². The molecular weight excluding hydrogens is 222 g/mol. The van der Waals surface area contributed by atoms with E-state index >= 15 is 0 Å². The van der Waals surface area contributed by atoms with E-state index in [0.717, 1.165) is 0 Å². The molecule has 1 aliphatic heterocycles. The van der Waals surface area contributed by atoms with E-state index in [-0.39, 0.29) is 42.7 Å². The minimum Gasteiger partial charge on any atom is -0.463 e. The van der Waals surface area contributed by atoms with Gasteiger partial charge in [0, 0.05) is 17.9 Å². The Morgan fingerprint density at radius 3 is 2.59 bits per heavy atom. The van der Waals surface area contributed by atoms with Crippen LogP contribution in [0.4, 0.5) is 0 Å². The summed E-state index contributed by atoms with van der Waals surface area (Å²) in [5.41, 5.74) is 8.58. The second-order valence-electron chi connectivity index (χ2n) is 4.60. The Hall–Kier alpha value is -1.26. The molecule has 96 valence electrons. The summed E-state index contributed by atoms with van der Waals surface area (Å²) in [6, 6.07) is -0.121. The molecular formula is C11H19N3O3. The van der Waals surface area contributed by atoms with E-state index in [4.69, 9.17) is 15.0 Å². The molecule has 0 saturated carbocycles. The molecule has 0 spiro atoms. The van der Waals surface area contributed by atoms with Gasteiger partial charge in [-0.15, -0.1) is 0 Å². The lowest BCUT2D eigenvalue weighted by Gasteiger charge is -2.41. The quantitative estimate of drug-likeness (QED) is 0.329. The summed E-state index contributed by atoms with van der Waals surface area (Å²) < 4.78 is 10.7. The molecule has 1 heterocycles. The SMILES string of the molecule is CC(=O)OCC1O[C@@H](C)C(C)[C@@H](N=[N+]=[N-])[C@H]1C. The molecule has 1 saturated heterocycles. The van der Waals surface area contributed by atoms with E-state index < -0.39 is 0 Å². The van der Waals surface area contributed by atoms with Gasteiger partial charge in [-0.1, -0.05) is 19.0 Å². The van der Waals surface area contributed by atoms with Crippen molar-refractivity contribution in [2.75, 3.05) is 6.61 Å². The predicted octanol–water partition coefficient (Wildman–Crippen LogP) is 2.29. The van der Waals surface area contributed by atoms with Gasteiger partial charge in [0.25, 0.3) is 0 Å². The molecule has 6 nitrogen and oxygen atoms in total. The molecule has 0 bridgehead atoms. The molecule has 1 fully saturated rings. The summed E-state index contributed by atoms with van der Waals surface area (Å²) in [6.07, 6.45) is -0.220. The maximum absolute atomic E-state index is 10.8. The minimum atomic E-state index is -0.326. The van der Waals surface area contributed by atoms with Crippen molar-refractivity contribution in [2.24, 2.45) is 17.0 Å². The summed E-state index contributed by atoms with van der Waals surface area (Å²) in [4.78, 5) is 13.7. The first-order chi connectivity index (χ1) is 7.97. The largest absolute Gasteiger partial charge is 0.463 e. The van der Waals surface area contributed by atoms with Gasteiger partial charge in [-0.25, -0.2) is 0 Å². The Bertz CT molecular complexity index is 328. The van der Waals surface area contributed by atoms with E-state index in [1.165, 1.54) is 6.92 Å². The molecule has 1 aliphatic rings. The first-order valence-electron chi connectivity index (χ1n) is 5.80. The van der Waals surface area contributed by atoms with Crippen molar-refractivity contribution in [1.82, 2.24) is 0 Å². The van der Waals surface area contributed by atoms with Gasteiger partial charge in [-0.05, 0) is 24.3 Å². The second kappa shape index (κ2) is 5.89. The third-order valence-electron chi connectivity index (χ3n) is 3.43. The van der Waals surface area contributed by atoms with Crippen LogP contribution in [0.3, 0.4) is 0 Å². The van der Waals surface area contributed by atoms with Gasteiger partial charge in [0.15, 0.2) is 0 Å². The molecule has 0 aromatic heterocycles. The minimum absolute atomic E-state index is 0.0118. The lowest BCUT2D eigenvalue weighted by molar-refractivity contribution is -0.159. The second-order valence-corrected chi connectivity index (χ2v) is 4.60. The predicted molar refractivity (Wildman–Crippen MR) is 62.2 cm³/mol. The van der Waals surface area contributed by atoms with Crippen molar-refractivity contribution in [3.63, 3.8) is 0 Å². The standard InChI is InChI=1S/C11H19N3O3/c1-6-8(3)17-10(5-16-9(4)15)7(2)11(6)13-14-12/h6-8,10-11H,5H2,1-4H3/t6?,7-,8-,10?,11+/m0/s1. The lowest BCUT2D eigenvalue weighted by atomic mass is 9.82. The van der Waals surface area contributed by atoms with Crippen LogP contribution in [0.15, 0.2) is 5.11 Å². The van der Waals surface area contributed by atoms with Crippen molar-refractivity contribution in [2.45, 2.75) is 45.9 Å². The van der Waals surface area contributed by atoms with Crippen molar-refractivity contribution in [3.8, 4) is 0 Å². The summed E-state index contributed by atoms with van der Waals surface area (Å²) in [6.45, 7) is 7.48. The zero-order valence-corrected chi connectivity index (χ0v) is 10.7. The Morgan fingerprint density at radius 2 is 2.06 bits per heavy atom. The van der Waals surface area contributed by atoms with Crippen LogP contribution in [0, 0.1) is 11.8 Å². The number of ether oxygens (including phenoxy) is 2. The lowest BCUT2D eigenvalue weighted by Crippen LogP contribution is -2.48. The van der Waals surface area contributed by atoms with Gasteiger partial charge in [0.05, 0.1) is 12.2 Å². The van der Waals surface area contributed by atoms with E-state index in [0.29, 0.717) is 0 Å². The number of rotatable bonds is 3. The highest BCUT2D eigenvalue weighted by molar-refractivity contribution is 5.65.